The van der Waals surface area contributed by atoms with Crippen LogP contribution < -0.4 is 5.32 Å². The number of hydrogen-bond donors (Lipinski definition) is 2. The summed E-state index contributed by atoms with van der Waals surface area (Å²) in [6.45, 7) is 6.10. The Morgan fingerprint density at radius 1 is 1.55 bits per heavy atom. The van der Waals surface area contributed by atoms with E-state index < -0.39 is 6.10 Å². The predicted octanol–water partition coefficient (Wildman–Crippen LogP) is 2.37. The third kappa shape index (κ3) is 3.54. The lowest BCUT2D eigenvalue weighted by molar-refractivity contribution is 0.112. The van der Waals surface area contributed by atoms with Crippen molar-refractivity contribution in [2.75, 3.05) is 13.6 Å². The number of urea groups is 1. The van der Waals surface area contributed by atoms with Gasteiger partial charge in [-0.25, -0.2) is 4.79 Å². The topological polar surface area (TPSA) is 65.7 Å². The van der Waals surface area contributed by atoms with Crippen LogP contribution in [0.1, 0.15) is 42.9 Å². The number of hydrogen-bond acceptors (Lipinski definition) is 3. The van der Waals surface area contributed by atoms with E-state index in [1.807, 2.05) is 26.8 Å². The maximum Gasteiger partial charge on any atom is 0.317 e. The summed E-state index contributed by atoms with van der Waals surface area (Å²) in [5.41, 5.74) is 0.993. The van der Waals surface area contributed by atoms with E-state index in [0.717, 1.165) is 29.9 Å². The van der Waals surface area contributed by atoms with Crippen LogP contribution >= 0.6 is 0 Å². The molecule has 0 aromatic carbocycles. The Kier molecular flexibility index (Phi) is 4.38. The van der Waals surface area contributed by atoms with Gasteiger partial charge in [0, 0.05) is 19.2 Å². The third-order valence-electron chi connectivity index (χ3n) is 3.86. The Labute approximate surface area is 119 Å². The van der Waals surface area contributed by atoms with Gasteiger partial charge in [0.15, 0.2) is 0 Å². The number of likely N-dealkylation sites (N-methyl/N-ethyl adjacent to an activating group) is 1. The molecule has 1 fully saturated rings. The number of aliphatic hydroxyl groups excluding tert-OH is 1. The van der Waals surface area contributed by atoms with Gasteiger partial charge in [0.05, 0.1) is 12.1 Å². The van der Waals surface area contributed by atoms with E-state index in [0.29, 0.717) is 12.5 Å². The summed E-state index contributed by atoms with van der Waals surface area (Å²) in [4.78, 5) is 13.6. The molecule has 5 heteroatoms. The van der Waals surface area contributed by atoms with Crippen molar-refractivity contribution in [3.8, 4) is 0 Å². The fourth-order valence-corrected chi connectivity index (χ4v) is 2.45. The zero-order valence-electron chi connectivity index (χ0n) is 12.6. The van der Waals surface area contributed by atoms with E-state index in [9.17, 15) is 9.90 Å². The zero-order chi connectivity index (χ0) is 14.9. The second-order valence-corrected chi connectivity index (χ2v) is 5.83. The zero-order valence-corrected chi connectivity index (χ0v) is 12.6. The molecular weight excluding hydrogens is 256 g/mol. The number of carbonyl (C=O) groups is 1. The van der Waals surface area contributed by atoms with E-state index in [1.165, 1.54) is 0 Å². The van der Waals surface area contributed by atoms with Crippen LogP contribution in [-0.2, 0) is 0 Å². The van der Waals surface area contributed by atoms with Crippen LogP contribution in [0.15, 0.2) is 10.5 Å². The molecule has 1 aliphatic carbocycles. The van der Waals surface area contributed by atoms with Crippen molar-refractivity contribution in [1.29, 1.82) is 0 Å². The van der Waals surface area contributed by atoms with Crippen molar-refractivity contribution < 1.29 is 14.3 Å². The van der Waals surface area contributed by atoms with Crippen LogP contribution in [0.3, 0.4) is 0 Å². The summed E-state index contributed by atoms with van der Waals surface area (Å²) >= 11 is 0. The van der Waals surface area contributed by atoms with Gasteiger partial charge < -0.3 is 19.7 Å². The third-order valence-corrected chi connectivity index (χ3v) is 3.86. The highest BCUT2D eigenvalue weighted by Crippen LogP contribution is 2.32. The van der Waals surface area contributed by atoms with Crippen molar-refractivity contribution in [2.24, 2.45) is 5.92 Å². The number of carbonyl (C=O) groups excluding carboxylic acids is 1. The average Bonchev–Trinajstić information content (AvgIpc) is 3.14. The summed E-state index contributed by atoms with van der Waals surface area (Å²) in [6.07, 6.45) is 1.74. The molecule has 2 N–H and O–H groups in total. The Balaban J connectivity index is 1.88. The minimum Gasteiger partial charge on any atom is -0.466 e. The van der Waals surface area contributed by atoms with Gasteiger partial charge in [0.25, 0.3) is 0 Å². The molecule has 1 saturated carbocycles. The van der Waals surface area contributed by atoms with E-state index in [4.69, 9.17) is 4.42 Å². The highest BCUT2D eigenvalue weighted by Gasteiger charge is 2.31. The first-order chi connectivity index (χ1) is 9.38. The van der Waals surface area contributed by atoms with Gasteiger partial charge >= 0.3 is 6.03 Å². The van der Waals surface area contributed by atoms with Gasteiger partial charge in [0.1, 0.15) is 11.5 Å². The molecule has 0 spiro atoms. The number of aliphatic hydroxyl groups is 1. The highest BCUT2D eigenvalue weighted by atomic mass is 16.3. The molecule has 0 saturated heterocycles. The van der Waals surface area contributed by atoms with Crippen LogP contribution in [0, 0.1) is 19.8 Å². The van der Waals surface area contributed by atoms with Crippen molar-refractivity contribution >= 4 is 6.03 Å². The molecule has 20 heavy (non-hydrogen) atoms. The summed E-state index contributed by atoms with van der Waals surface area (Å²) in [5, 5.41) is 12.8. The van der Waals surface area contributed by atoms with E-state index in [2.05, 4.69) is 5.32 Å². The molecule has 0 radical (unpaired) electrons. The lowest BCUT2D eigenvalue weighted by atomic mass is 10.1. The van der Waals surface area contributed by atoms with E-state index >= 15 is 0 Å². The van der Waals surface area contributed by atoms with Crippen molar-refractivity contribution in [3.63, 3.8) is 0 Å². The normalized spacial score (nSPS) is 17.6. The molecule has 1 aromatic heterocycles. The minimum atomic E-state index is -0.404. The number of rotatable bonds is 5. The quantitative estimate of drug-likeness (QED) is 0.870. The lowest BCUT2D eigenvalue weighted by Gasteiger charge is -2.23. The van der Waals surface area contributed by atoms with Crippen LogP contribution in [0.2, 0.25) is 0 Å². The fraction of sp³-hybridized carbons (Fsp3) is 0.667. The fourth-order valence-electron chi connectivity index (χ4n) is 2.45. The van der Waals surface area contributed by atoms with Gasteiger partial charge in [-0.3, -0.25) is 0 Å². The molecule has 5 nitrogen and oxygen atoms in total. The summed E-state index contributed by atoms with van der Waals surface area (Å²) in [6, 6.07) is 1.66. The van der Waals surface area contributed by atoms with Gasteiger partial charge in [0.2, 0.25) is 0 Å². The Bertz CT molecular complexity index is 479. The Morgan fingerprint density at radius 3 is 2.70 bits per heavy atom. The molecule has 0 bridgehead atoms. The largest absolute Gasteiger partial charge is 0.466 e. The molecule has 2 unspecified atom stereocenters. The molecule has 1 aromatic rings. The first-order valence-corrected chi connectivity index (χ1v) is 7.15. The molecule has 1 aliphatic rings. The number of amides is 2. The second-order valence-electron chi connectivity index (χ2n) is 5.83. The van der Waals surface area contributed by atoms with Crippen molar-refractivity contribution in [2.45, 2.75) is 45.8 Å². The minimum absolute atomic E-state index is 0.111. The van der Waals surface area contributed by atoms with Gasteiger partial charge in [-0.2, -0.15) is 0 Å². The molecular formula is C15H24N2O3. The predicted molar refractivity (Wildman–Crippen MR) is 76.5 cm³/mol. The Hall–Kier alpha value is -1.49. The summed E-state index contributed by atoms with van der Waals surface area (Å²) in [7, 11) is 1.71. The van der Waals surface area contributed by atoms with Crippen LogP contribution in [-0.4, -0.2) is 35.7 Å². The average molecular weight is 280 g/mol. The van der Waals surface area contributed by atoms with Crippen LogP contribution in [0.25, 0.3) is 0 Å². The van der Waals surface area contributed by atoms with Crippen molar-refractivity contribution in [3.05, 3.63) is 23.2 Å². The first kappa shape index (κ1) is 14.9. The second kappa shape index (κ2) is 5.87. The smallest absolute Gasteiger partial charge is 0.317 e. The maximum absolute atomic E-state index is 12.1. The number of nitrogens with one attached hydrogen (secondary N) is 1. The van der Waals surface area contributed by atoms with Gasteiger partial charge in [-0.05, 0) is 45.6 Å². The highest BCUT2D eigenvalue weighted by molar-refractivity contribution is 5.74. The molecule has 1 heterocycles. The maximum atomic E-state index is 12.1. The molecule has 2 amide bonds. The Morgan fingerprint density at radius 2 is 2.20 bits per heavy atom. The SMILES string of the molecule is Cc1cc(C(C)NC(=O)N(C)CC(O)C2CC2)c(C)o1. The number of aryl methyl sites for hydroxylation is 2. The molecule has 2 rings (SSSR count). The number of furan rings is 1. The van der Waals surface area contributed by atoms with Gasteiger partial charge in [-0.1, -0.05) is 0 Å². The standard InChI is InChI=1S/C15H24N2O3/c1-9-7-13(11(3)20-9)10(2)16-15(19)17(4)8-14(18)12-5-6-12/h7,10,12,14,18H,5-6,8H2,1-4H3,(H,16,19). The number of nitrogens with zero attached hydrogens (tertiary/aromatic N) is 1. The van der Waals surface area contributed by atoms with E-state index in [-0.39, 0.29) is 12.1 Å². The van der Waals surface area contributed by atoms with Gasteiger partial charge in [-0.15, -0.1) is 0 Å². The van der Waals surface area contributed by atoms with Crippen LogP contribution in [0.5, 0.6) is 0 Å². The summed E-state index contributed by atoms with van der Waals surface area (Å²) in [5.74, 6) is 2.05. The summed E-state index contributed by atoms with van der Waals surface area (Å²) < 4.78 is 5.48. The monoisotopic (exact) mass is 280 g/mol. The van der Waals surface area contributed by atoms with Crippen molar-refractivity contribution in [1.82, 2.24) is 10.2 Å². The van der Waals surface area contributed by atoms with Crippen LogP contribution in [0.4, 0.5) is 4.79 Å². The van der Waals surface area contributed by atoms with E-state index in [1.54, 1.807) is 11.9 Å². The first-order valence-electron chi connectivity index (χ1n) is 7.15. The molecule has 112 valence electrons. The molecule has 2 atom stereocenters. The molecule has 0 aliphatic heterocycles. The lowest BCUT2D eigenvalue weighted by Crippen LogP contribution is -2.42.